The van der Waals surface area contributed by atoms with Gasteiger partial charge in [-0.15, -0.1) is 0 Å². The van der Waals surface area contributed by atoms with Crippen molar-refractivity contribution in [2.75, 3.05) is 0 Å². The minimum Gasteiger partial charge on any atom is -0.303 e. The maximum Gasteiger partial charge on any atom is 0.119 e. The van der Waals surface area contributed by atoms with Crippen molar-refractivity contribution in [1.29, 1.82) is 0 Å². The van der Waals surface area contributed by atoms with E-state index in [9.17, 15) is 4.79 Å². The van der Waals surface area contributed by atoms with Crippen LogP contribution in [0.1, 0.15) is 13.3 Å². The van der Waals surface area contributed by atoms with Gasteiger partial charge in [-0.05, 0) is 0 Å². The molecule has 0 aliphatic heterocycles. The number of hydrogen-bond donors (Lipinski definition) is 0. The van der Waals surface area contributed by atoms with Crippen LogP contribution in [0.2, 0.25) is 0 Å². The van der Waals surface area contributed by atoms with Crippen LogP contribution in [0.15, 0.2) is 0 Å². The Kier molecular flexibility index (Phi) is 15.9. The topological polar surface area (TPSA) is 17.1 Å². The molecule has 0 heterocycles. The van der Waals surface area contributed by atoms with Crippen LogP contribution in [-0.4, -0.2) is 6.29 Å². The second-order valence-electron chi connectivity index (χ2n) is 0.575. The molecule has 0 aliphatic carbocycles. The Morgan fingerprint density at radius 3 is 2.00 bits per heavy atom. The number of hydrogen-bond acceptors (Lipinski definition) is 1. The maximum atomic E-state index is 9.17. The molecule has 0 spiro atoms. The molecule has 1 nitrogen and oxygen atoms in total. The fraction of sp³-hybridized carbons (Fsp3) is 0.667. The van der Waals surface area contributed by atoms with Crippen molar-refractivity contribution < 1.29 is 23.4 Å². The van der Waals surface area contributed by atoms with E-state index in [2.05, 4.69) is 0 Å². The van der Waals surface area contributed by atoms with Gasteiger partial charge in [0.2, 0.25) is 0 Å². The molecule has 0 saturated heterocycles. The molecule has 0 atom stereocenters. The zero-order chi connectivity index (χ0) is 3.41. The van der Waals surface area contributed by atoms with E-state index < -0.39 is 0 Å². The van der Waals surface area contributed by atoms with Crippen LogP contribution in [0.5, 0.6) is 0 Å². The van der Waals surface area contributed by atoms with Crippen LogP contribution in [-0.2, 0) is 23.4 Å². The summed E-state index contributed by atoms with van der Waals surface area (Å²) in [5.74, 6) is 0. The van der Waals surface area contributed by atoms with E-state index in [0.29, 0.717) is 6.42 Å². The molecule has 0 bridgehead atoms. The van der Waals surface area contributed by atoms with Gasteiger partial charge in [0.1, 0.15) is 6.29 Å². The number of carbonyl (C=O) groups excluding carboxylic acids is 1. The normalized spacial score (nSPS) is 5.00. The molecular weight excluding hydrogens is 103 g/mol. The summed E-state index contributed by atoms with van der Waals surface area (Å²) in [7, 11) is 0. The van der Waals surface area contributed by atoms with E-state index in [4.69, 9.17) is 0 Å². The smallest absolute Gasteiger partial charge is 0.119 e. The fourth-order valence-corrected chi connectivity index (χ4v) is 0. The number of carbonyl (C=O) groups is 1. The zero-order valence-electron chi connectivity index (χ0n) is 3.14. The summed E-state index contributed by atoms with van der Waals surface area (Å²) in [6.45, 7) is 1.81. The minimum atomic E-state index is 0. The second kappa shape index (κ2) is 8.87. The average Bonchev–Trinajstić information content (AvgIpc) is 1.37. The first-order chi connectivity index (χ1) is 1.91. The molecule has 0 amide bonds. The summed E-state index contributed by atoms with van der Waals surface area (Å²) in [6.07, 6.45) is 1.51. The monoisotopic (exact) mass is 109 g/mol. The van der Waals surface area contributed by atoms with Crippen LogP contribution in [0.3, 0.4) is 0 Å². The van der Waals surface area contributed by atoms with E-state index in [-0.39, 0.29) is 18.6 Å². The van der Waals surface area contributed by atoms with Gasteiger partial charge in [0.15, 0.2) is 0 Å². The molecule has 0 rings (SSSR count). The van der Waals surface area contributed by atoms with Crippen molar-refractivity contribution >= 4 is 6.29 Å². The van der Waals surface area contributed by atoms with Crippen molar-refractivity contribution in [1.82, 2.24) is 0 Å². The summed E-state index contributed by atoms with van der Waals surface area (Å²) in [6, 6.07) is 0. The first-order valence-electron chi connectivity index (χ1n) is 1.35. The Hall–Kier alpha value is 0.254. The summed E-state index contributed by atoms with van der Waals surface area (Å²) < 4.78 is 0. The maximum absolute atomic E-state index is 9.17. The third kappa shape index (κ3) is 13.7. The van der Waals surface area contributed by atoms with Gasteiger partial charge >= 0.3 is 0 Å². The Bertz CT molecular complexity index is 20.9. The second-order valence-corrected chi connectivity index (χ2v) is 0.575. The van der Waals surface area contributed by atoms with Crippen LogP contribution >= 0.6 is 0 Å². The van der Waals surface area contributed by atoms with Gasteiger partial charge in [0, 0.05) is 25.0 Å². The molecule has 0 aromatic carbocycles. The van der Waals surface area contributed by atoms with Crippen LogP contribution in [0.25, 0.3) is 0 Å². The largest absolute Gasteiger partial charge is 0.303 e. The van der Waals surface area contributed by atoms with Crippen LogP contribution < -0.4 is 0 Å². The van der Waals surface area contributed by atoms with Gasteiger partial charge in [0.25, 0.3) is 0 Å². The Labute approximate surface area is 43.6 Å². The van der Waals surface area contributed by atoms with Crippen LogP contribution in [0.4, 0.5) is 0 Å². The van der Waals surface area contributed by atoms with Crippen molar-refractivity contribution in [3.63, 3.8) is 0 Å². The van der Waals surface area contributed by atoms with Gasteiger partial charge in [0.05, 0.1) is 0 Å². The molecule has 0 unspecified atom stereocenters. The van der Waals surface area contributed by atoms with Crippen molar-refractivity contribution in [3.8, 4) is 0 Å². The Morgan fingerprint density at radius 2 is 2.00 bits per heavy atom. The SMILES string of the molecule is CCC=O.[V]. The third-order valence-corrected chi connectivity index (χ3v) is 0.167. The number of aldehydes is 1. The van der Waals surface area contributed by atoms with Gasteiger partial charge in [-0.3, -0.25) is 0 Å². The van der Waals surface area contributed by atoms with E-state index in [0.717, 1.165) is 6.29 Å². The molecule has 2 heteroatoms. The summed E-state index contributed by atoms with van der Waals surface area (Å²) in [5, 5.41) is 0. The van der Waals surface area contributed by atoms with Crippen molar-refractivity contribution in [2.24, 2.45) is 0 Å². The van der Waals surface area contributed by atoms with Gasteiger partial charge in [-0.25, -0.2) is 0 Å². The molecular formula is C3H6OV. The third-order valence-electron chi connectivity index (χ3n) is 0.167. The van der Waals surface area contributed by atoms with Gasteiger partial charge in [-0.1, -0.05) is 6.92 Å². The van der Waals surface area contributed by atoms with E-state index >= 15 is 0 Å². The van der Waals surface area contributed by atoms with Crippen LogP contribution in [0, 0.1) is 0 Å². The molecule has 29 valence electrons. The predicted molar refractivity (Wildman–Crippen MR) is 16.4 cm³/mol. The van der Waals surface area contributed by atoms with Gasteiger partial charge in [-0.2, -0.15) is 0 Å². The Balaban J connectivity index is 0. The molecule has 0 saturated carbocycles. The molecule has 0 aromatic rings. The Morgan fingerprint density at radius 1 is 1.80 bits per heavy atom. The summed E-state index contributed by atoms with van der Waals surface area (Å²) in [4.78, 5) is 9.17. The zero-order valence-corrected chi connectivity index (χ0v) is 4.54. The molecule has 0 aromatic heterocycles. The van der Waals surface area contributed by atoms with E-state index in [1.54, 1.807) is 0 Å². The number of rotatable bonds is 1. The molecule has 0 fully saturated rings. The van der Waals surface area contributed by atoms with Crippen molar-refractivity contribution in [2.45, 2.75) is 13.3 Å². The summed E-state index contributed by atoms with van der Waals surface area (Å²) in [5.41, 5.74) is 0. The fourth-order valence-electron chi connectivity index (χ4n) is 0. The van der Waals surface area contributed by atoms with Crippen molar-refractivity contribution in [3.05, 3.63) is 0 Å². The molecule has 5 heavy (non-hydrogen) atoms. The average molecular weight is 109 g/mol. The summed E-state index contributed by atoms with van der Waals surface area (Å²) >= 11 is 0. The quantitative estimate of drug-likeness (QED) is 0.450. The minimum absolute atomic E-state index is 0. The van der Waals surface area contributed by atoms with E-state index in [1.165, 1.54) is 0 Å². The standard InChI is InChI=1S/C3H6O.V/c1-2-3-4;/h3H,2H2,1H3;. The van der Waals surface area contributed by atoms with E-state index in [1.807, 2.05) is 6.92 Å². The first kappa shape index (κ1) is 8.98. The predicted octanol–water partition coefficient (Wildman–Crippen LogP) is 0.593. The molecule has 0 N–H and O–H groups in total. The van der Waals surface area contributed by atoms with Gasteiger partial charge < -0.3 is 4.79 Å². The molecule has 1 radical (unpaired) electrons. The molecule has 0 aliphatic rings. The first-order valence-corrected chi connectivity index (χ1v) is 1.35.